The number of nitro benzene ring substituents is 1. The Hall–Kier alpha value is -2.32. The molecule has 0 spiro atoms. The summed E-state index contributed by atoms with van der Waals surface area (Å²) in [6.45, 7) is 0. The van der Waals surface area contributed by atoms with E-state index < -0.39 is 35.2 Å². The molecular formula is C12H11F3N2O4. The quantitative estimate of drug-likeness (QED) is 0.661. The van der Waals surface area contributed by atoms with Gasteiger partial charge in [-0.05, 0) is 24.0 Å². The molecule has 114 valence electrons. The fraction of sp³-hybridized carbons (Fsp3) is 0.417. The fourth-order valence-electron chi connectivity index (χ4n) is 2.33. The zero-order chi connectivity index (χ0) is 15.8. The molecule has 0 aliphatic carbocycles. The number of nitro groups is 1. The van der Waals surface area contributed by atoms with Gasteiger partial charge in [0.1, 0.15) is 11.7 Å². The van der Waals surface area contributed by atoms with Gasteiger partial charge in [0.05, 0.1) is 11.3 Å². The second-order valence-electron chi connectivity index (χ2n) is 4.75. The Labute approximate surface area is 116 Å². The monoisotopic (exact) mass is 304 g/mol. The largest absolute Gasteiger partial charge is 0.481 e. The zero-order valence-corrected chi connectivity index (χ0v) is 10.6. The van der Waals surface area contributed by atoms with Crippen LogP contribution < -0.4 is 5.32 Å². The van der Waals surface area contributed by atoms with Crippen molar-refractivity contribution in [1.82, 2.24) is 0 Å². The molecule has 1 heterocycles. The lowest BCUT2D eigenvalue weighted by atomic mass is 9.94. The number of hydrogen-bond donors (Lipinski definition) is 2. The Morgan fingerprint density at radius 3 is 2.67 bits per heavy atom. The van der Waals surface area contributed by atoms with Crippen LogP contribution in [0.4, 0.5) is 24.5 Å². The maximum absolute atomic E-state index is 12.7. The van der Waals surface area contributed by atoms with Crippen LogP contribution in [0.5, 0.6) is 0 Å². The maximum atomic E-state index is 12.7. The molecule has 0 saturated carbocycles. The first kappa shape index (κ1) is 15.1. The van der Waals surface area contributed by atoms with E-state index in [2.05, 4.69) is 5.32 Å². The molecule has 1 unspecified atom stereocenters. The van der Waals surface area contributed by atoms with E-state index >= 15 is 0 Å². The second kappa shape index (κ2) is 5.23. The molecule has 2 N–H and O–H groups in total. The van der Waals surface area contributed by atoms with E-state index in [-0.39, 0.29) is 24.1 Å². The average Bonchev–Trinajstić information content (AvgIpc) is 2.35. The van der Waals surface area contributed by atoms with Crippen LogP contribution >= 0.6 is 0 Å². The van der Waals surface area contributed by atoms with Gasteiger partial charge in [0.15, 0.2) is 0 Å². The fourth-order valence-corrected chi connectivity index (χ4v) is 2.33. The Morgan fingerprint density at radius 1 is 1.48 bits per heavy atom. The Bertz CT molecular complexity index is 601. The van der Waals surface area contributed by atoms with E-state index in [1.807, 2.05) is 0 Å². The second-order valence-corrected chi connectivity index (χ2v) is 4.75. The normalized spacial score (nSPS) is 17.8. The van der Waals surface area contributed by atoms with Crippen molar-refractivity contribution in [3.63, 3.8) is 0 Å². The lowest BCUT2D eigenvalue weighted by molar-refractivity contribution is -0.384. The van der Waals surface area contributed by atoms with Crippen molar-refractivity contribution in [3.8, 4) is 0 Å². The molecule has 9 heteroatoms. The molecule has 1 atom stereocenters. The van der Waals surface area contributed by atoms with Crippen LogP contribution in [0.3, 0.4) is 0 Å². The van der Waals surface area contributed by atoms with E-state index in [0.29, 0.717) is 5.56 Å². The predicted molar refractivity (Wildman–Crippen MR) is 66.2 cm³/mol. The molecule has 0 bridgehead atoms. The van der Waals surface area contributed by atoms with Gasteiger partial charge in [-0.1, -0.05) is 6.07 Å². The first-order valence-corrected chi connectivity index (χ1v) is 6.03. The van der Waals surface area contributed by atoms with Crippen molar-refractivity contribution in [2.24, 2.45) is 0 Å². The molecule has 1 aromatic rings. The van der Waals surface area contributed by atoms with Gasteiger partial charge in [-0.3, -0.25) is 14.9 Å². The van der Waals surface area contributed by atoms with Gasteiger partial charge >= 0.3 is 12.1 Å². The van der Waals surface area contributed by atoms with Crippen molar-refractivity contribution in [2.75, 3.05) is 5.32 Å². The molecular weight excluding hydrogens is 293 g/mol. The molecule has 0 fully saturated rings. The molecule has 1 aliphatic heterocycles. The number of anilines is 1. The molecule has 1 aromatic carbocycles. The highest BCUT2D eigenvalue weighted by Crippen LogP contribution is 2.39. The number of aliphatic carboxylic acids is 1. The summed E-state index contributed by atoms with van der Waals surface area (Å²) in [4.78, 5) is 20.9. The molecule has 0 saturated heterocycles. The van der Waals surface area contributed by atoms with Crippen molar-refractivity contribution in [3.05, 3.63) is 33.4 Å². The van der Waals surface area contributed by atoms with Crippen molar-refractivity contribution in [2.45, 2.75) is 31.5 Å². The smallest absolute Gasteiger partial charge is 0.408 e. The summed E-state index contributed by atoms with van der Waals surface area (Å²) >= 11 is 0. The van der Waals surface area contributed by atoms with Crippen LogP contribution in [0.25, 0.3) is 0 Å². The van der Waals surface area contributed by atoms with Crippen LogP contribution in [0.2, 0.25) is 0 Å². The van der Waals surface area contributed by atoms with E-state index in [9.17, 15) is 28.1 Å². The number of fused-ring (bicyclic) bond motifs is 1. The summed E-state index contributed by atoms with van der Waals surface area (Å²) in [6.07, 6.45) is -5.16. The number of carboxylic acid groups (broad SMARTS) is 1. The van der Waals surface area contributed by atoms with Crippen molar-refractivity contribution < 1.29 is 28.0 Å². The summed E-state index contributed by atoms with van der Waals surface area (Å²) < 4.78 is 38.1. The average molecular weight is 304 g/mol. The van der Waals surface area contributed by atoms with Crippen LogP contribution in [0.1, 0.15) is 17.5 Å². The van der Waals surface area contributed by atoms with Gasteiger partial charge in [0.25, 0.3) is 5.69 Å². The molecule has 21 heavy (non-hydrogen) atoms. The standard InChI is InChI=1S/C12H11F3N2O4/c13-12(14,15)9-2-1-7-3-6(5-10(18)19)4-8(17(20)21)11(7)16-9/h3-4,9,16H,1-2,5H2,(H,18,19). The highest BCUT2D eigenvalue weighted by atomic mass is 19.4. The Morgan fingerprint density at radius 2 is 2.14 bits per heavy atom. The van der Waals surface area contributed by atoms with E-state index in [4.69, 9.17) is 5.11 Å². The lowest BCUT2D eigenvalue weighted by Gasteiger charge is -2.28. The third-order valence-corrected chi connectivity index (χ3v) is 3.23. The molecule has 1 aliphatic rings. The number of alkyl halides is 3. The first-order chi connectivity index (χ1) is 9.68. The minimum Gasteiger partial charge on any atom is -0.481 e. The van der Waals surface area contributed by atoms with Gasteiger partial charge in [0, 0.05) is 6.07 Å². The van der Waals surface area contributed by atoms with Crippen LogP contribution in [-0.4, -0.2) is 28.2 Å². The van der Waals surface area contributed by atoms with E-state index in [1.165, 1.54) is 6.07 Å². The SMILES string of the molecule is O=C(O)Cc1cc2c(c([N+](=O)[O-])c1)NC(C(F)(F)F)CC2. The van der Waals surface area contributed by atoms with E-state index in [1.54, 1.807) is 0 Å². The Balaban J connectivity index is 2.44. The summed E-state index contributed by atoms with van der Waals surface area (Å²) in [5.74, 6) is -1.17. The minimum atomic E-state index is -4.49. The third kappa shape index (κ3) is 3.23. The third-order valence-electron chi connectivity index (χ3n) is 3.23. The number of hydrogen-bond acceptors (Lipinski definition) is 4. The number of carbonyl (C=O) groups is 1. The number of aryl methyl sites for hydroxylation is 1. The highest BCUT2D eigenvalue weighted by molar-refractivity contribution is 5.74. The minimum absolute atomic E-state index is 0.000803. The van der Waals surface area contributed by atoms with Crippen molar-refractivity contribution in [1.29, 1.82) is 0 Å². The number of halogens is 3. The van der Waals surface area contributed by atoms with E-state index in [0.717, 1.165) is 6.07 Å². The zero-order valence-electron chi connectivity index (χ0n) is 10.6. The Kier molecular flexibility index (Phi) is 3.75. The summed E-state index contributed by atoms with van der Waals surface area (Å²) in [6, 6.07) is 0.559. The molecule has 2 rings (SSSR count). The van der Waals surface area contributed by atoms with Crippen molar-refractivity contribution >= 4 is 17.3 Å². The molecule has 0 aromatic heterocycles. The van der Waals surface area contributed by atoms with Crippen LogP contribution in [-0.2, 0) is 17.6 Å². The molecule has 0 radical (unpaired) electrons. The van der Waals surface area contributed by atoms with Gasteiger partial charge in [0.2, 0.25) is 0 Å². The van der Waals surface area contributed by atoms with Gasteiger partial charge < -0.3 is 10.4 Å². The number of rotatable bonds is 3. The van der Waals surface area contributed by atoms with Gasteiger partial charge in [-0.15, -0.1) is 0 Å². The predicted octanol–water partition coefficient (Wildman–Crippen LogP) is 2.51. The topological polar surface area (TPSA) is 92.5 Å². The van der Waals surface area contributed by atoms with Crippen LogP contribution in [0.15, 0.2) is 12.1 Å². The number of nitrogens with one attached hydrogen (secondary N) is 1. The summed E-state index contributed by atoms with van der Waals surface area (Å²) in [5.41, 5.74) is -0.179. The summed E-state index contributed by atoms with van der Waals surface area (Å²) in [5, 5.41) is 21.9. The highest BCUT2D eigenvalue weighted by Gasteiger charge is 2.42. The lowest BCUT2D eigenvalue weighted by Crippen LogP contribution is -2.39. The van der Waals surface area contributed by atoms with Gasteiger partial charge in [-0.25, -0.2) is 0 Å². The van der Waals surface area contributed by atoms with Gasteiger partial charge in [-0.2, -0.15) is 13.2 Å². The number of nitrogens with zero attached hydrogens (tertiary/aromatic N) is 1. The maximum Gasteiger partial charge on any atom is 0.408 e. The summed E-state index contributed by atoms with van der Waals surface area (Å²) in [7, 11) is 0. The number of carboxylic acids is 1. The molecule has 6 nitrogen and oxygen atoms in total. The number of benzene rings is 1. The first-order valence-electron chi connectivity index (χ1n) is 6.03. The molecule has 0 amide bonds. The van der Waals surface area contributed by atoms with Crippen LogP contribution in [0, 0.1) is 10.1 Å².